The van der Waals surface area contributed by atoms with Gasteiger partial charge in [-0.15, -0.1) is 11.6 Å². The minimum Gasteiger partial charge on any atom is -0.207 e. The molecule has 0 amide bonds. The largest absolute Gasteiger partial charge is 0.207 e. The summed E-state index contributed by atoms with van der Waals surface area (Å²) in [5.74, 6) is 0.323. The van der Waals surface area contributed by atoms with E-state index in [-0.39, 0.29) is 11.2 Å². The summed E-state index contributed by atoms with van der Waals surface area (Å²) in [7, 11) is 0. The van der Waals surface area contributed by atoms with Gasteiger partial charge in [-0.1, -0.05) is 32.0 Å². The normalized spacial score (nSPS) is 13.2. The Morgan fingerprint density at radius 2 is 1.93 bits per heavy atom. The molecule has 0 aliphatic rings. The highest BCUT2D eigenvalue weighted by molar-refractivity contribution is 6.20. The summed E-state index contributed by atoms with van der Waals surface area (Å²) >= 11 is 6.10. The molecule has 0 fully saturated rings. The molecular formula is C12H16ClF. The van der Waals surface area contributed by atoms with Crippen molar-refractivity contribution in [3.05, 3.63) is 35.6 Å². The lowest BCUT2D eigenvalue weighted by atomic mass is 10.0. The van der Waals surface area contributed by atoms with Gasteiger partial charge in [0.15, 0.2) is 0 Å². The van der Waals surface area contributed by atoms with E-state index in [2.05, 4.69) is 13.8 Å². The van der Waals surface area contributed by atoms with E-state index in [9.17, 15) is 4.39 Å². The molecule has 0 saturated heterocycles. The predicted molar refractivity (Wildman–Crippen MR) is 59.2 cm³/mol. The molecule has 1 rings (SSSR count). The second kappa shape index (κ2) is 5.35. The maximum Gasteiger partial charge on any atom is 0.126 e. The Bertz CT molecular complexity index is 283. The zero-order valence-corrected chi connectivity index (χ0v) is 9.39. The van der Waals surface area contributed by atoms with Gasteiger partial charge in [0.25, 0.3) is 0 Å². The van der Waals surface area contributed by atoms with Gasteiger partial charge in [0.05, 0.1) is 0 Å². The van der Waals surface area contributed by atoms with Gasteiger partial charge < -0.3 is 0 Å². The van der Waals surface area contributed by atoms with Gasteiger partial charge in [-0.05, 0) is 30.4 Å². The first-order valence-electron chi connectivity index (χ1n) is 4.98. The van der Waals surface area contributed by atoms with Gasteiger partial charge in [-0.2, -0.15) is 0 Å². The molecular weight excluding hydrogens is 199 g/mol. The standard InChI is InChI=1S/C12H16ClF/c1-9(2)11(13)8-7-10-5-3-4-6-12(10)14/h3-6,9,11H,7-8H2,1-2H3. The van der Waals surface area contributed by atoms with Crippen molar-refractivity contribution in [2.45, 2.75) is 32.1 Å². The molecule has 1 atom stereocenters. The molecule has 0 spiro atoms. The van der Waals surface area contributed by atoms with Gasteiger partial charge in [-0.3, -0.25) is 0 Å². The molecule has 0 aromatic heterocycles. The van der Waals surface area contributed by atoms with Crippen molar-refractivity contribution in [1.29, 1.82) is 0 Å². The summed E-state index contributed by atoms with van der Waals surface area (Å²) in [6.45, 7) is 4.16. The Morgan fingerprint density at radius 3 is 2.50 bits per heavy atom. The van der Waals surface area contributed by atoms with Crippen molar-refractivity contribution < 1.29 is 4.39 Å². The molecule has 0 N–H and O–H groups in total. The third-order valence-electron chi connectivity index (χ3n) is 2.37. The Labute approximate surface area is 90.1 Å². The average Bonchev–Trinajstić information content (AvgIpc) is 2.16. The molecule has 0 aliphatic heterocycles. The molecule has 1 unspecified atom stereocenters. The van der Waals surface area contributed by atoms with Gasteiger partial charge in [0.2, 0.25) is 0 Å². The van der Waals surface area contributed by atoms with Crippen LogP contribution in [0.3, 0.4) is 0 Å². The minimum atomic E-state index is -0.125. The van der Waals surface area contributed by atoms with E-state index in [1.54, 1.807) is 6.07 Å². The molecule has 0 nitrogen and oxygen atoms in total. The fourth-order valence-electron chi connectivity index (χ4n) is 1.33. The van der Waals surface area contributed by atoms with Crippen molar-refractivity contribution in [2.75, 3.05) is 0 Å². The molecule has 1 aromatic rings. The molecule has 14 heavy (non-hydrogen) atoms. The van der Waals surface area contributed by atoms with E-state index in [0.717, 1.165) is 18.4 Å². The van der Waals surface area contributed by atoms with Crippen LogP contribution in [-0.4, -0.2) is 5.38 Å². The van der Waals surface area contributed by atoms with Gasteiger partial charge >= 0.3 is 0 Å². The fraction of sp³-hybridized carbons (Fsp3) is 0.500. The molecule has 0 saturated carbocycles. The second-order valence-corrected chi connectivity index (χ2v) is 4.45. The van der Waals surface area contributed by atoms with E-state index >= 15 is 0 Å². The average molecular weight is 215 g/mol. The Balaban J connectivity index is 2.50. The summed E-state index contributed by atoms with van der Waals surface area (Å²) in [6.07, 6.45) is 1.55. The summed E-state index contributed by atoms with van der Waals surface area (Å²) < 4.78 is 13.2. The van der Waals surface area contributed by atoms with Crippen molar-refractivity contribution in [1.82, 2.24) is 0 Å². The highest BCUT2D eigenvalue weighted by Crippen LogP contribution is 2.17. The molecule has 0 aliphatic carbocycles. The molecule has 0 radical (unpaired) electrons. The smallest absolute Gasteiger partial charge is 0.126 e. The summed E-state index contributed by atoms with van der Waals surface area (Å²) in [4.78, 5) is 0. The number of halogens is 2. The Hall–Kier alpha value is -0.560. The zero-order valence-electron chi connectivity index (χ0n) is 8.63. The molecule has 0 bridgehead atoms. The topological polar surface area (TPSA) is 0 Å². The lowest BCUT2D eigenvalue weighted by molar-refractivity contribution is 0.550. The van der Waals surface area contributed by atoms with E-state index in [1.807, 2.05) is 12.1 Å². The van der Waals surface area contributed by atoms with Crippen LogP contribution >= 0.6 is 11.6 Å². The molecule has 2 heteroatoms. The number of aryl methyl sites for hydroxylation is 1. The second-order valence-electron chi connectivity index (χ2n) is 3.89. The number of rotatable bonds is 4. The van der Waals surface area contributed by atoms with E-state index in [4.69, 9.17) is 11.6 Å². The fourth-order valence-corrected chi connectivity index (χ4v) is 1.44. The van der Waals surface area contributed by atoms with Crippen LogP contribution in [0.4, 0.5) is 4.39 Å². The van der Waals surface area contributed by atoms with Crippen LogP contribution in [0.15, 0.2) is 24.3 Å². The summed E-state index contributed by atoms with van der Waals surface area (Å²) in [5.41, 5.74) is 0.763. The highest BCUT2D eigenvalue weighted by atomic mass is 35.5. The number of hydrogen-bond acceptors (Lipinski definition) is 0. The lowest BCUT2D eigenvalue weighted by Gasteiger charge is -2.12. The third-order valence-corrected chi connectivity index (χ3v) is 3.09. The van der Waals surface area contributed by atoms with E-state index in [0.29, 0.717) is 5.92 Å². The summed E-state index contributed by atoms with van der Waals surface area (Å²) in [5, 5.41) is 0.134. The van der Waals surface area contributed by atoms with Crippen LogP contribution in [-0.2, 0) is 6.42 Å². The van der Waals surface area contributed by atoms with Crippen molar-refractivity contribution >= 4 is 11.6 Å². The predicted octanol–water partition coefficient (Wildman–Crippen LogP) is 4.02. The van der Waals surface area contributed by atoms with E-state index in [1.165, 1.54) is 6.07 Å². The monoisotopic (exact) mass is 214 g/mol. The molecule has 0 heterocycles. The van der Waals surface area contributed by atoms with Crippen molar-refractivity contribution in [2.24, 2.45) is 5.92 Å². The minimum absolute atomic E-state index is 0.125. The highest BCUT2D eigenvalue weighted by Gasteiger charge is 2.10. The maximum absolute atomic E-state index is 13.2. The third kappa shape index (κ3) is 3.30. The van der Waals surface area contributed by atoms with Gasteiger partial charge in [0, 0.05) is 5.38 Å². The van der Waals surface area contributed by atoms with Crippen LogP contribution in [0.1, 0.15) is 25.8 Å². The zero-order chi connectivity index (χ0) is 10.6. The molecule has 78 valence electrons. The van der Waals surface area contributed by atoms with Crippen LogP contribution in [0.2, 0.25) is 0 Å². The number of hydrogen-bond donors (Lipinski definition) is 0. The van der Waals surface area contributed by atoms with Crippen LogP contribution in [0, 0.1) is 11.7 Å². The van der Waals surface area contributed by atoms with Crippen LogP contribution in [0.5, 0.6) is 0 Å². The van der Waals surface area contributed by atoms with Gasteiger partial charge in [0.1, 0.15) is 5.82 Å². The van der Waals surface area contributed by atoms with Crippen molar-refractivity contribution in [3.63, 3.8) is 0 Å². The number of alkyl halides is 1. The SMILES string of the molecule is CC(C)C(Cl)CCc1ccccc1F. The Morgan fingerprint density at radius 1 is 1.29 bits per heavy atom. The van der Waals surface area contributed by atoms with Crippen molar-refractivity contribution in [3.8, 4) is 0 Å². The lowest BCUT2D eigenvalue weighted by Crippen LogP contribution is -2.09. The van der Waals surface area contributed by atoms with E-state index < -0.39 is 0 Å². The quantitative estimate of drug-likeness (QED) is 0.665. The first-order valence-corrected chi connectivity index (χ1v) is 5.42. The van der Waals surface area contributed by atoms with Crippen LogP contribution in [0.25, 0.3) is 0 Å². The first kappa shape index (κ1) is 11.5. The molecule has 1 aromatic carbocycles. The maximum atomic E-state index is 13.2. The summed E-state index contributed by atoms with van der Waals surface area (Å²) in [6, 6.07) is 6.88. The number of benzene rings is 1. The first-order chi connectivity index (χ1) is 6.61. The Kier molecular flexibility index (Phi) is 4.40. The van der Waals surface area contributed by atoms with Crippen LogP contribution < -0.4 is 0 Å². The van der Waals surface area contributed by atoms with Gasteiger partial charge in [-0.25, -0.2) is 4.39 Å².